The zero-order chi connectivity index (χ0) is 7.61. The first-order valence-electron chi connectivity index (χ1n) is 3.17. The normalized spacial score (nSPS) is 27.2. The van der Waals surface area contributed by atoms with Crippen molar-refractivity contribution in [3.8, 4) is 0 Å². The molecule has 10 heavy (non-hydrogen) atoms. The van der Waals surface area contributed by atoms with Crippen molar-refractivity contribution in [2.75, 3.05) is 6.54 Å². The SMILES string of the molecule is NP(N)(=O)SC1CCCN1. The maximum absolute atomic E-state index is 10.8. The first kappa shape index (κ1) is 8.56. The summed E-state index contributed by atoms with van der Waals surface area (Å²) in [6, 6.07) is 0. The topological polar surface area (TPSA) is 81.1 Å². The Morgan fingerprint density at radius 3 is 2.70 bits per heavy atom. The van der Waals surface area contributed by atoms with Gasteiger partial charge in [0.25, 0.3) is 6.65 Å². The van der Waals surface area contributed by atoms with Crippen molar-refractivity contribution < 1.29 is 4.57 Å². The third kappa shape index (κ3) is 3.03. The molecule has 1 fully saturated rings. The van der Waals surface area contributed by atoms with Crippen molar-refractivity contribution in [1.82, 2.24) is 5.32 Å². The molecule has 0 aromatic carbocycles. The lowest BCUT2D eigenvalue weighted by Gasteiger charge is -2.11. The first-order valence-corrected chi connectivity index (χ1v) is 6.50. The number of nitrogens with one attached hydrogen (secondary N) is 1. The predicted octanol–water partition coefficient (Wildman–Crippen LogP) is 0.455. The zero-order valence-electron chi connectivity index (χ0n) is 5.62. The van der Waals surface area contributed by atoms with Crippen LogP contribution in [0.3, 0.4) is 0 Å². The lowest BCUT2D eigenvalue weighted by molar-refractivity contribution is 0.586. The van der Waals surface area contributed by atoms with E-state index in [4.69, 9.17) is 11.0 Å². The predicted molar refractivity (Wildman–Crippen MR) is 44.6 cm³/mol. The Bertz CT molecular complexity index is 153. The van der Waals surface area contributed by atoms with Crippen LogP contribution >= 0.6 is 18.0 Å². The molecule has 0 aliphatic carbocycles. The zero-order valence-corrected chi connectivity index (χ0v) is 7.33. The third-order valence-corrected chi connectivity index (χ3v) is 4.05. The Balaban J connectivity index is 2.31. The smallest absolute Gasteiger partial charge is 0.262 e. The van der Waals surface area contributed by atoms with Crippen LogP contribution in [0.15, 0.2) is 0 Å². The van der Waals surface area contributed by atoms with Crippen LogP contribution in [0.2, 0.25) is 0 Å². The molecule has 1 rings (SSSR count). The van der Waals surface area contributed by atoms with E-state index in [1.165, 1.54) is 0 Å². The van der Waals surface area contributed by atoms with Crippen LogP contribution < -0.4 is 16.3 Å². The summed E-state index contributed by atoms with van der Waals surface area (Å²) in [6.07, 6.45) is 2.14. The average molecular weight is 181 g/mol. The number of hydrogen-bond donors (Lipinski definition) is 3. The van der Waals surface area contributed by atoms with Crippen LogP contribution in [0.4, 0.5) is 0 Å². The number of nitrogens with two attached hydrogens (primary N) is 2. The van der Waals surface area contributed by atoms with Crippen molar-refractivity contribution in [1.29, 1.82) is 0 Å². The van der Waals surface area contributed by atoms with Gasteiger partial charge in [0, 0.05) is 0 Å². The minimum atomic E-state index is -2.86. The van der Waals surface area contributed by atoms with Gasteiger partial charge in [0.05, 0.1) is 5.37 Å². The highest BCUT2D eigenvalue weighted by Crippen LogP contribution is 2.46. The lowest BCUT2D eigenvalue weighted by atomic mass is 10.4. The second kappa shape index (κ2) is 3.24. The second-order valence-corrected chi connectivity index (χ2v) is 6.75. The van der Waals surface area contributed by atoms with E-state index >= 15 is 0 Å². The molecular formula is C4H12N3OPS. The van der Waals surface area contributed by atoms with Crippen molar-refractivity contribution >= 4 is 18.0 Å². The van der Waals surface area contributed by atoms with Crippen LogP contribution in [0.1, 0.15) is 12.8 Å². The molecule has 0 saturated carbocycles. The van der Waals surface area contributed by atoms with Gasteiger partial charge in [-0.2, -0.15) is 0 Å². The average Bonchev–Trinajstić information content (AvgIpc) is 2.12. The van der Waals surface area contributed by atoms with Gasteiger partial charge in [0.1, 0.15) is 0 Å². The second-order valence-electron chi connectivity index (χ2n) is 2.34. The molecule has 6 heteroatoms. The Kier molecular flexibility index (Phi) is 2.77. The monoisotopic (exact) mass is 181 g/mol. The van der Waals surface area contributed by atoms with Crippen LogP contribution in [-0.2, 0) is 4.57 Å². The van der Waals surface area contributed by atoms with Gasteiger partial charge in [0.2, 0.25) is 0 Å². The van der Waals surface area contributed by atoms with E-state index in [0.717, 1.165) is 30.8 Å². The Labute approximate surface area is 64.3 Å². The van der Waals surface area contributed by atoms with Crippen LogP contribution in [0.25, 0.3) is 0 Å². The summed E-state index contributed by atoms with van der Waals surface area (Å²) in [7, 11) is 0. The summed E-state index contributed by atoms with van der Waals surface area (Å²) in [4.78, 5) is 0. The van der Waals surface area contributed by atoms with Crippen LogP contribution in [-0.4, -0.2) is 11.9 Å². The van der Waals surface area contributed by atoms with Gasteiger partial charge >= 0.3 is 0 Å². The van der Waals surface area contributed by atoms with E-state index < -0.39 is 6.65 Å². The van der Waals surface area contributed by atoms with Crippen molar-refractivity contribution in [3.05, 3.63) is 0 Å². The highest BCUT2D eigenvalue weighted by molar-refractivity contribution is 8.57. The van der Waals surface area contributed by atoms with Crippen molar-refractivity contribution in [3.63, 3.8) is 0 Å². The molecule has 1 aliphatic heterocycles. The molecule has 5 N–H and O–H groups in total. The summed E-state index contributed by atoms with van der Waals surface area (Å²) in [6.45, 7) is -1.88. The molecule has 0 amide bonds. The van der Waals surface area contributed by atoms with Crippen molar-refractivity contribution in [2.45, 2.75) is 18.2 Å². The van der Waals surface area contributed by atoms with Crippen LogP contribution in [0.5, 0.6) is 0 Å². The van der Waals surface area contributed by atoms with Gasteiger partial charge in [-0.05, 0) is 30.8 Å². The van der Waals surface area contributed by atoms with Crippen molar-refractivity contribution in [2.24, 2.45) is 11.0 Å². The van der Waals surface area contributed by atoms with E-state index in [-0.39, 0.29) is 5.37 Å². The molecule has 0 aromatic heterocycles. The molecule has 1 aliphatic rings. The standard InChI is InChI=1S/C4H12N3OPS/c5-9(6,8)10-4-2-1-3-7-4/h4,7H,1-3H2,(H4,5,6,8). The van der Waals surface area contributed by atoms with E-state index in [2.05, 4.69) is 5.32 Å². The molecule has 60 valence electrons. The molecule has 1 unspecified atom stereocenters. The summed E-state index contributed by atoms with van der Waals surface area (Å²) < 4.78 is 10.8. The number of rotatable bonds is 2. The van der Waals surface area contributed by atoms with E-state index in [0.29, 0.717) is 0 Å². The van der Waals surface area contributed by atoms with Gasteiger partial charge in [-0.15, -0.1) is 0 Å². The fourth-order valence-electron chi connectivity index (χ4n) is 0.941. The van der Waals surface area contributed by atoms with Gasteiger partial charge in [-0.1, -0.05) is 0 Å². The Morgan fingerprint density at radius 2 is 2.30 bits per heavy atom. The fraction of sp³-hybridized carbons (Fsp3) is 1.00. The molecule has 0 bridgehead atoms. The summed E-state index contributed by atoms with van der Waals surface area (Å²) in [5, 5.41) is 3.35. The van der Waals surface area contributed by atoms with Gasteiger partial charge in [0.15, 0.2) is 0 Å². The number of hydrogen-bond acceptors (Lipinski definition) is 3. The molecular weight excluding hydrogens is 169 g/mol. The Hall–Kier alpha value is 0.460. The minimum Gasteiger partial charge on any atom is -0.305 e. The van der Waals surface area contributed by atoms with E-state index in [9.17, 15) is 4.57 Å². The highest BCUT2D eigenvalue weighted by Gasteiger charge is 2.21. The minimum absolute atomic E-state index is 0.209. The molecule has 1 heterocycles. The molecule has 4 nitrogen and oxygen atoms in total. The van der Waals surface area contributed by atoms with Crippen LogP contribution in [0, 0.1) is 0 Å². The molecule has 1 saturated heterocycles. The van der Waals surface area contributed by atoms with E-state index in [1.54, 1.807) is 0 Å². The highest BCUT2D eigenvalue weighted by atomic mass is 32.7. The quantitative estimate of drug-likeness (QED) is 0.539. The Morgan fingerprint density at radius 1 is 1.60 bits per heavy atom. The van der Waals surface area contributed by atoms with Gasteiger partial charge < -0.3 is 5.32 Å². The third-order valence-electron chi connectivity index (χ3n) is 1.31. The molecule has 1 atom stereocenters. The fourth-order valence-corrected chi connectivity index (χ4v) is 3.54. The lowest BCUT2D eigenvalue weighted by Crippen LogP contribution is -2.19. The van der Waals surface area contributed by atoms with E-state index in [1.807, 2.05) is 0 Å². The maximum Gasteiger partial charge on any atom is 0.262 e. The first-order chi connectivity index (χ1) is 4.58. The molecule has 0 radical (unpaired) electrons. The molecule has 0 spiro atoms. The van der Waals surface area contributed by atoms with Gasteiger partial charge in [-0.25, -0.2) is 0 Å². The maximum atomic E-state index is 10.8. The van der Waals surface area contributed by atoms with Gasteiger partial charge in [-0.3, -0.25) is 15.6 Å². The summed E-state index contributed by atoms with van der Waals surface area (Å²) >= 11 is 1.16. The largest absolute Gasteiger partial charge is 0.305 e. The summed E-state index contributed by atoms with van der Waals surface area (Å²) in [5.74, 6) is 0. The summed E-state index contributed by atoms with van der Waals surface area (Å²) in [5.41, 5.74) is 10.3. The molecule has 0 aromatic rings.